The van der Waals surface area contributed by atoms with Gasteiger partial charge in [-0.2, -0.15) is 4.98 Å². The third kappa shape index (κ3) is 2.88. The van der Waals surface area contributed by atoms with Crippen LogP contribution in [0, 0.1) is 0 Å². The van der Waals surface area contributed by atoms with E-state index in [2.05, 4.69) is 26.1 Å². The van der Waals surface area contributed by atoms with E-state index in [0.717, 1.165) is 5.56 Å². The third-order valence-corrected chi connectivity index (χ3v) is 4.20. The van der Waals surface area contributed by atoms with Crippen molar-refractivity contribution in [2.24, 2.45) is 0 Å². The van der Waals surface area contributed by atoms with Gasteiger partial charge in [0.25, 0.3) is 11.8 Å². The highest BCUT2D eigenvalue weighted by atomic mass is 16.5. The quantitative estimate of drug-likeness (QED) is 0.705. The molecular weight excluding hydrogens is 310 g/mol. The minimum absolute atomic E-state index is 0.252. The fourth-order valence-corrected chi connectivity index (χ4v) is 2.52. The van der Waals surface area contributed by atoms with Gasteiger partial charge in [-0.1, -0.05) is 17.3 Å². The van der Waals surface area contributed by atoms with Gasteiger partial charge in [-0.25, -0.2) is 4.79 Å². The maximum Gasteiger partial charge on any atom is 0.322 e. The fraction of sp³-hybridized carbons (Fsp3) is 0.375. The Labute approximate surface area is 139 Å². The summed E-state index contributed by atoms with van der Waals surface area (Å²) < 4.78 is 5.29. The average Bonchev–Trinajstić information content (AvgIpc) is 3.12. The summed E-state index contributed by atoms with van der Waals surface area (Å²) in [5.74, 6) is 0.677. The lowest BCUT2D eigenvalue weighted by molar-refractivity contribution is -0.123. The number of imide groups is 1. The van der Waals surface area contributed by atoms with E-state index in [0.29, 0.717) is 23.7 Å². The van der Waals surface area contributed by atoms with E-state index in [-0.39, 0.29) is 11.9 Å². The molecule has 0 aliphatic carbocycles. The summed E-state index contributed by atoms with van der Waals surface area (Å²) in [7, 11) is 1.88. The lowest BCUT2D eigenvalue weighted by Crippen LogP contribution is -2.40. The molecule has 8 nitrogen and oxygen atoms in total. The molecule has 3 amide bonds. The standard InChI is InChI=1S/C16H19N5O3/c1-9(17-3)8-12-18-13(24-21-12)10-4-6-11(7-5-10)16(2)14(22)19-15(23)20-16/h4-7,9,17H,8H2,1-3H3,(H2,19,20,22,23). The van der Waals surface area contributed by atoms with E-state index in [4.69, 9.17) is 4.52 Å². The second-order valence-corrected chi connectivity index (χ2v) is 6.02. The topological polar surface area (TPSA) is 109 Å². The van der Waals surface area contributed by atoms with Gasteiger partial charge in [0.2, 0.25) is 0 Å². The van der Waals surface area contributed by atoms with Crippen molar-refractivity contribution in [2.45, 2.75) is 31.8 Å². The second kappa shape index (κ2) is 6.04. The molecule has 2 heterocycles. The number of carbonyl (C=O) groups is 2. The van der Waals surface area contributed by atoms with E-state index in [1.165, 1.54) is 0 Å². The maximum absolute atomic E-state index is 12.0. The number of rotatable bonds is 5. The van der Waals surface area contributed by atoms with Crippen LogP contribution in [0.1, 0.15) is 25.2 Å². The molecule has 2 unspecified atom stereocenters. The summed E-state index contributed by atoms with van der Waals surface area (Å²) in [4.78, 5) is 27.7. The first-order valence-electron chi connectivity index (χ1n) is 7.66. The average molecular weight is 329 g/mol. The van der Waals surface area contributed by atoms with Crippen LogP contribution in [0.5, 0.6) is 0 Å². The summed E-state index contributed by atoms with van der Waals surface area (Å²) >= 11 is 0. The van der Waals surface area contributed by atoms with Crippen LogP contribution in [0.25, 0.3) is 11.5 Å². The Kier molecular flexibility index (Phi) is 4.06. The van der Waals surface area contributed by atoms with Gasteiger partial charge < -0.3 is 15.2 Å². The molecule has 1 aromatic heterocycles. The molecule has 1 aliphatic heterocycles. The number of carbonyl (C=O) groups excluding carboxylic acids is 2. The van der Waals surface area contributed by atoms with Gasteiger partial charge in [0.15, 0.2) is 5.82 Å². The van der Waals surface area contributed by atoms with Gasteiger partial charge in [-0.05, 0) is 38.6 Å². The number of urea groups is 1. The zero-order chi connectivity index (χ0) is 17.3. The zero-order valence-electron chi connectivity index (χ0n) is 13.7. The monoisotopic (exact) mass is 329 g/mol. The van der Waals surface area contributed by atoms with Crippen LogP contribution >= 0.6 is 0 Å². The van der Waals surface area contributed by atoms with Crippen LogP contribution in [0.2, 0.25) is 0 Å². The number of likely N-dealkylation sites (N-methyl/N-ethyl adjacent to an activating group) is 1. The molecule has 1 fully saturated rings. The minimum atomic E-state index is -1.07. The van der Waals surface area contributed by atoms with Crippen LogP contribution in [0.4, 0.5) is 4.79 Å². The first kappa shape index (κ1) is 16.1. The molecule has 1 aliphatic rings. The first-order valence-corrected chi connectivity index (χ1v) is 7.66. The lowest BCUT2D eigenvalue weighted by atomic mass is 9.91. The number of benzene rings is 1. The summed E-state index contributed by atoms with van der Waals surface area (Å²) in [6.07, 6.45) is 0.669. The summed E-state index contributed by atoms with van der Waals surface area (Å²) in [6.45, 7) is 3.69. The van der Waals surface area contributed by atoms with Crippen molar-refractivity contribution in [3.63, 3.8) is 0 Å². The minimum Gasteiger partial charge on any atom is -0.334 e. The molecule has 3 N–H and O–H groups in total. The Balaban J connectivity index is 1.80. The van der Waals surface area contributed by atoms with Crippen molar-refractivity contribution >= 4 is 11.9 Å². The van der Waals surface area contributed by atoms with Crippen molar-refractivity contribution < 1.29 is 14.1 Å². The molecule has 1 saturated heterocycles. The van der Waals surface area contributed by atoms with Crippen molar-refractivity contribution in [3.05, 3.63) is 35.7 Å². The van der Waals surface area contributed by atoms with Crippen molar-refractivity contribution in [3.8, 4) is 11.5 Å². The number of nitrogens with one attached hydrogen (secondary N) is 3. The molecule has 1 aromatic carbocycles. The van der Waals surface area contributed by atoms with Crippen molar-refractivity contribution in [1.82, 2.24) is 26.1 Å². The fourth-order valence-electron chi connectivity index (χ4n) is 2.52. The molecule has 2 aromatic rings. The summed E-state index contributed by atoms with van der Waals surface area (Å²) in [6, 6.07) is 6.87. The largest absolute Gasteiger partial charge is 0.334 e. The normalized spacial score (nSPS) is 21.5. The molecule has 24 heavy (non-hydrogen) atoms. The van der Waals surface area contributed by atoms with Crippen LogP contribution in [-0.2, 0) is 16.8 Å². The predicted molar refractivity (Wildman–Crippen MR) is 86.0 cm³/mol. The predicted octanol–water partition coefficient (Wildman–Crippen LogP) is 0.942. The highest BCUT2D eigenvalue weighted by Gasteiger charge is 2.43. The van der Waals surface area contributed by atoms with Gasteiger partial charge in [0.05, 0.1) is 0 Å². The Hall–Kier alpha value is -2.74. The summed E-state index contributed by atoms with van der Waals surface area (Å²) in [5.41, 5.74) is 0.360. The molecule has 126 valence electrons. The van der Waals surface area contributed by atoms with E-state index in [1.807, 2.05) is 14.0 Å². The van der Waals surface area contributed by atoms with Crippen molar-refractivity contribution in [1.29, 1.82) is 0 Å². The molecule has 0 saturated carbocycles. The summed E-state index contributed by atoms with van der Waals surface area (Å²) in [5, 5.41) is 12.0. The highest BCUT2D eigenvalue weighted by Crippen LogP contribution is 2.27. The van der Waals surface area contributed by atoms with Crippen LogP contribution < -0.4 is 16.0 Å². The van der Waals surface area contributed by atoms with E-state index >= 15 is 0 Å². The van der Waals surface area contributed by atoms with Gasteiger partial charge >= 0.3 is 6.03 Å². The molecule has 8 heteroatoms. The first-order chi connectivity index (χ1) is 11.4. The Morgan fingerprint density at radius 3 is 2.58 bits per heavy atom. The molecular formula is C16H19N5O3. The van der Waals surface area contributed by atoms with Gasteiger partial charge in [0.1, 0.15) is 5.54 Å². The van der Waals surface area contributed by atoms with E-state index in [9.17, 15) is 9.59 Å². The van der Waals surface area contributed by atoms with Crippen LogP contribution in [-0.4, -0.2) is 35.2 Å². The number of hydrogen-bond acceptors (Lipinski definition) is 6. The molecule has 0 radical (unpaired) electrons. The number of hydrogen-bond donors (Lipinski definition) is 3. The van der Waals surface area contributed by atoms with Crippen molar-refractivity contribution in [2.75, 3.05) is 7.05 Å². The number of amides is 3. The highest BCUT2D eigenvalue weighted by molar-refractivity contribution is 6.07. The Morgan fingerprint density at radius 2 is 2.00 bits per heavy atom. The molecule has 0 bridgehead atoms. The van der Waals surface area contributed by atoms with E-state index in [1.54, 1.807) is 31.2 Å². The Morgan fingerprint density at radius 1 is 1.29 bits per heavy atom. The second-order valence-electron chi connectivity index (χ2n) is 6.02. The molecule has 0 spiro atoms. The molecule has 2 atom stereocenters. The van der Waals surface area contributed by atoms with Gasteiger partial charge in [-0.3, -0.25) is 10.1 Å². The smallest absolute Gasteiger partial charge is 0.322 e. The van der Waals surface area contributed by atoms with E-state index < -0.39 is 11.6 Å². The zero-order valence-corrected chi connectivity index (χ0v) is 13.7. The Bertz CT molecular complexity index is 770. The van der Waals surface area contributed by atoms with Gasteiger partial charge in [0, 0.05) is 18.0 Å². The number of nitrogens with zero attached hydrogens (tertiary/aromatic N) is 2. The number of aromatic nitrogens is 2. The van der Waals surface area contributed by atoms with Gasteiger partial charge in [-0.15, -0.1) is 0 Å². The SMILES string of the molecule is CNC(C)Cc1noc(-c2ccc(C3(C)NC(=O)NC3=O)cc2)n1. The maximum atomic E-state index is 12.0. The third-order valence-electron chi connectivity index (χ3n) is 4.20. The lowest BCUT2D eigenvalue weighted by Gasteiger charge is -2.20. The molecule has 3 rings (SSSR count). The van der Waals surface area contributed by atoms with Crippen LogP contribution in [0.15, 0.2) is 28.8 Å². The van der Waals surface area contributed by atoms with Crippen LogP contribution in [0.3, 0.4) is 0 Å².